The zero-order valence-electron chi connectivity index (χ0n) is 18.0. The molecule has 4 rings (SSSR count). The van der Waals surface area contributed by atoms with Gasteiger partial charge in [0.15, 0.2) is 0 Å². The number of hydrogen-bond donors (Lipinski definition) is 0. The summed E-state index contributed by atoms with van der Waals surface area (Å²) >= 11 is 18.4. The fraction of sp³-hybridized carbons (Fsp3) is 0.200. The summed E-state index contributed by atoms with van der Waals surface area (Å²) in [6.45, 7) is 0.740. The average Bonchev–Trinajstić information content (AvgIpc) is 3.29. The SMILES string of the molecule is N#Cc1ccc(N(Cc2cc(F)c(Cl)cc2Cl)[C@H]2CCN(C(=O)c3cc(F)cc(F)c3)C2)cc1Cl. The van der Waals surface area contributed by atoms with Crippen LogP contribution in [0.2, 0.25) is 15.1 Å². The Bertz CT molecular complexity index is 1330. The van der Waals surface area contributed by atoms with Crippen LogP contribution in [0.25, 0.3) is 0 Å². The van der Waals surface area contributed by atoms with E-state index in [2.05, 4.69) is 0 Å². The lowest BCUT2D eigenvalue weighted by Crippen LogP contribution is -2.39. The summed E-state index contributed by atoms with van der Waals surface area (Å²) in [5.74, 6) is -2.80. The summed E-state index contributed by atoms with van der Waals surface area (Å²) in [5.41, 5.74) is 1.31. The van der Waals surface area contributed by atoms with Crippen LogP contribution < -0.4 is 4.90 Å². The Morgan fingerprint density at radius 1 is 1.00 bits per heavy atom. The first-order valence-electron chi connectivity index (χ1n) is 10.5. The van der Waals surface area contributed by atoms with E-state index in [4.69, 9.17) is 34.8 Å². The van der Waals surface area contributed by atoms with Crippen LogP contribution in [-0.4, -0.2) is 29.9 Å². The molecule has 0 saturated carbocycles. The maximum Gasteiger partial charge on any atom is 0.254 e. The Kier molecular flexibility index (Phi) is 7.46. The highest BCUT2D eigenvalue weighted by Gasteiger charge is 2.32. The van der Waals surface area contributed by atoms with Crippen molar-refractivity contribution in [2.24, 2.45) is 0 Å². The molecular weight excluding hydrogens is 522 g/mol. The van der Waals surface area contributed by atoms with Crippen molar-refractivity contribution < 1.29 is 18.0 Å². The Labute approximate surface area is 215 Å². The second-order valence-electron chi connectivity index (χ2n) is 8.11. The van der Waals surface area contributed by atoms with Crippen molar-refractivity contribution in [2.45, 2.75) is 19.0 Å². The Hall–Kier alpha value is -2.92. The van der Waals surface area contributed by atoms with E-state index in [0.29, 0.717) is 35.8 Å². The van der Waals surface area contributed by atoms with Gasteiger partial charge in [0.2, 0.25) is 0 Å². The summed E-state index contributed by atoms with van der Waals surface area (Å²) < 4.78 is 41.5. The van der Waals surface area contributed by atoms with Gasteiger partial charge in [0.05, 0.1) is 15.6 Å². The van der Waals surface area contributed by atoms with Crippen molar-refractivity contribution >= 4 is 46.4 Å². The number of amides is 1. The van der Waals surface area contributed by atoms with E-state index in [-0.39, 0.29) is 39.8 Å². The van der Waals surface area contributed by atoms with Crippen molar-refractivity contribution in [1.29, 1.82) is 5.26 Å². The van der Waals surface area contributed by atoms with Crippen LogP contribution >= 0.6 is 34.8 Å². The summed E-state index contributed by atoms with van der Waals surface area (Å²) in [4.78, 5) is 16.3. The number of benzene rings is 3. The van der Waals surface area contributed by atoms with E-state index >= 15 is 0 Å². The first kappa shape index (κ1) is 25.2. The summed E-state index contributed by atoms with van der Waals surface area (Å²) in [6.07, 6.45) is 0.523. The molecule has 1 aliphatic rings. The van der Waals surface area contributed by atoms with Gasteiger partial charge in [0.25, 0.3) is 5.91 Å². The molecule has 3 aromatic carbocycles. The minimum Gasteiger partial charge on any atom is -0.362 e. The van der Waals surface area contributed by atoms with Gasteiger partial charge in [0.1, 0.15) is 23.5 Å². The quantitative estimate of drug-likeness (QED) is 0.334. The molecule has 0 aromatic heterocycles. The summed E-state index contributed by atoms with van der Waals surface area (Å²) in [5, 5.41) is 9.61. The molecule has 180 valence electrons. The van der Waals surface area contributed by atoms with Gasteiger partial charge < -0.3 is 9.80 Å². The zero-order chi connectivity index (χ0) is 25.3. The van der Waals surface area contributed by atoms with Crippen molar-refractivity contribution in [1.82, 2.24) is 4.90 Å². The molecule has 0 bridgehead atoms. The maximum atomic E-state index is 14.2. The molecule has 1 atom stereocenters. The van der Waals surface area contributed by atoms with Crippen molar-refractivity contribution in [3.8, 4) is 6.07 Å². The Morgan fingerprint density at radius 2 is 1.71 bits per heavy atom. The van der Waals surface area contributed by atoms with Crippen LogP contribution in [0.4, 0.5) is 18.9 Å². The third-order valence-corrected chi connectivity index (χ3v) is 6.79. The number of likely N-dealkylation sites (tertiary alicyclic amines) is 1. The minimum atomic E-state index is -0.836. The van der Waals surface area contributed by atoms with Crippen LogP contribution in [0.5, 0.6) is 0 Å². The van der Waals surface area contributed by atoms with Crippen LogP contribution in [0, 0.1) is 28.8 Å². The van der Waals surface area contributed by atoms with Crippen LogP contribution in [0.15, 0.2) is 48.5 Å². The molecule has 1 fully saturated rings. The number of anilines is 1. The second-order valence-corrected chi connectivity index (χ2v) is 9.33. The molecular formula is C25H17Cl3F3N3O. The smallest absolute Gasteiger partial charge is 0.254 e. The van der Waals surface area contributed by atoms with Gasteiger partial charge in [-0.2, -0.15) is 5.26 Å². The summed E-state index contributed by atoms with van der Waals surface area (Å²) in [6, 6.07) is 11.9. The largest absolute Gasteiger partial charge is 0.362 e. The van der Waals surface area contributed by atoms with Gasteiger partial charge in [-0.3, -0.25) is 4.79 Å². The summed E-state index contributed by atoms with van der Waals surface area (Å²) in [7, 11) is 0. The lowest BCUT2D eigenvalue weighted by molar-refractivity contribution is 0.0789. The minimum absolute atomic E-state index is 0.0843. The highest BCUT2D eigenvalue weighted by molar-refractivity contribution is 6.35. The van der Waals surface area contributed by atoms with Crippen molar-refractivity contribution in [3.05, 3.63) is 97.7 Å². The molecule has 0 radical (unpaired) electrons. The molecule has 3 aromatic rings. The predicted molar refractivity (Wildman–Crippen MR) is 129 cm³/mol. The molecule has 1 amide bonds. The molecule has 4 nitrogen and oxygen atoms in total. The fourth-order valence-corrected chi connectivity index (χ4v) is 4.77. The standard InChI is InChI=1S/C25H17Cl3F3N3O/c26-21-9-19(2-1-14(21)11-32)34(12-16-7-24(31)23(28)10-22(16)27)20-3-4-33(13-20)25(35)15-5-17(29)8-18(30)6-15/h1-2,5-10,20H,3-4,12-13H2/t20-/m0/s1. The van der Waals surface area contributed by atoms with E-state index in [1.807, 2.05) is 11.0 Å². The molecule has 0 N–H and O–H groups in total. The van der Waals surface area contributed by atoms with Crippen LogP contribution in [0.3, 0.4) is 0 Å². The van der Waals surface area contributed by atoms with Gasteiger partial charge >= 0.3 is 0 Å². The Morgan fingerprint density at radius 3 is 2.37 bits per heavy atom. The zero-order valence-corrected chi connectivity index (χ0v) is 20.3. The number of nitriles is 1. The predicted octanol–water partition coefficient (Wildman–Crippen LogP) is 6.86. The normalized spacial score (nSPS) is 15.2. The first-order valence-corrected chi connectivity index (χ1v) is 11.6. The fourth-order valence-electron chi connectivity index (χ4n) is 4.11. The number of carbonyl (C=O) groups excluding carboxylic acids is 1. The molecule has 0 spiro atoms. The lowest BCUT2D eigenvalue weighted by atomic mass is 10.1. The highest BCUT2D eigenvalue weighted by atomic mass is 35.5. The van der Waals surface area contributed by atoms with Gasteiger partial charge in [-0.15, -0.1) is 0 Å². The van der Waals surface area contributed by atoms with Gasteiger partial charge in [-0.25, -0.2) is 13.2 Å². The molecule has 0 unspecified atom stereocenters. The van der Waals surface area contributed by atoms with E-state index in [1.165, 1.54) is 17.0 Å². The van der Waals surface area contributed by atoms with E-state index in [1.54, 1.807) is 18.2 Å². The third kappa shape index (κ3) is 5.51. The van der Waals surface area contributed by atoms with Crippen molar-refractivity contribution in [2.75, 3.05) is 18.0 Å². The molecule has 1 aliphatic heterocycles. The highest BCUT2D eigenvalue weighted by Crippen LogP contribution is 2.32. The Balaban J connectivity index is 1.65. The number of carbonyl (C=O) groups is 1. The van der Waals surface area contributed by atoms with Gasteiger partial charge in [0, 0.05) is 48.0 Å². The average molecular weight is 539 g/mol. The molecule has 10 heteroatoms. The molecule has 1 saturated heterocycles. The second kappa shape index (κ2) is 10.4. The van der Waals surface area contributed by atoms with E-state index in [9.17, 15) is 23.2 Å². The van der Waals surface area contributed by atoms with Crippen LogP contribution in [0.1, 0.15) is 27.9 Å². The maximum absolute atomic E-state index is 14.2. The first-order chi connectivity index (χ1) is 16.7. The van der Waals surface area contributed by atoms with Crippen LogP contribution in [-0.2, 0) is 6.54 Å². The number of rotatable bonds is 5. The topological polar surface area (TPSA) is 47.3 Å². The number of nitrogens with zero attached hydrogens (tertiary/aromatic N) is 3. The monoisotopic (exact) mass is 537 g/mol. The molecule has 35 heavy (non-hydrogen) atoms. The van der Waals surface area contributed by atoms with Gasteiger partial charge in [-0.1, -0.05) is 34.8 Å². The lowest BCUT2D eigenvalue weighted by Gasteiger charge is -2.32. The van der Waals surface area contributed by atoms with E-state index < -0.39 is 23.4 Å². The number of halogens is 6. The molecule has 0 aliphatic carbocycles. The number of hydrogen-bond acceptors (Lipinski definition) is 3. The molecule has 1 heterocycles. The van der Waals surface area contributed by atoms with Crippen molar-refractivity contribution in [3.63, 3.8) is 0 Å². The van der Waals surface area contributed by atoms with E-state index in [0.717, 1.165) is 12.1 Å². The van der Waals surface area contributed by atoms with Gasteiger partial charge in [-0.05, 0) is 54.4 Å². The third-order valence-electron chi connectivity index (χ3n) is 5.84.